The van der Waals surface area contributed by atoms with Crippen molar-refractivity contribution in [2.75, 3.05) is 47.9 Å². The van der Waals surface area contributed by atoms with Crippen molar-refractivity contribution in [3.05, 3.63) is 23.8 Å². The van der Waals surface area contributed by atoms with Crippen LogP contribution in [0.5, 0.6) is 11.5 Å². The van der Waals surface area contributed by atoms with Crippen molar-refractivity contribution < 1.29 is 9.47 Å². The zero-order valence-electron chi connectivity index (χ0n) is 13.3. The van der Waals surface area contributed by atoms with Crippen LogP contribution in [0.3, 0.4) is 0 Å². The van der Waals surface area contributed by atoms with Gasteiger partial charge in [0.05, 0.1) is 20.3 Å². The standard InChI is InChI=1S/C15H26N4O2/c1-18-7-8-19(2)12(10-18)15(17-16)11-5-6-13(20-3)14(9-11)21-4/h5-6,9,12,15,17H,7-8,10,16H2,1-4H3. The van der Waals surface area contributed by atoms with E-state index in [1.807, 2.05) is 18.2 Å². The summed E-state index contributed by atoms with van der Waals surface area (Å²) in [6.07, 6.45) is 0. The second-order valence-electron chi connectivity index (χ2n) is 5.57. The average Bonchev–Trinajstić information content (AvgIpc) is 2.51. The fourth-order valence-corrected chi connectivity index (χ4v) is 2.88. The van der Waals surface area contributed by atoms with Crippen LogP contribution in [0.1, 0.15) is 11.6 Å². The summed E-state index contributed by atoms with van der Waals surface area (Å²) >= 11 is 0. The molecule has 0 aliphatic carbocycles. The molecule has 2 atom stereocenters. The van der Waals surface area contributed by atoms with Gasteiger partial charge in [0.2, 0.25) is 0 Å². The van der Waals surface area contributed by atoms with E-state index in [4.69, 9.17) is 15.3 Å². The summed E-state index contributed by atoms with van der Waals surface area (Å²) in [6.45, 7) is 3.09. The maximum Gasteiger partial charge on any atom is 0.161 e. The monoisotopic (exact) mass is 294 g/mol. The maximum absolute atomic E-state index is 5.84. The van der Waals surface area contributed by atoms with Gasteiger partial charge in [-0.1, -0.05) is 6.07 Å². The number of ether oxygens (including phenoxy) is 2. The van der Waals surface area contributed by atoms with Crippen LogP contribution in [0.4, 0.5) is 0 Å². The number of nitrogens with zero attached hydrogens (tertiary/aromatic N) is 2. The van der Waals surface area contributed by atoms with Gasteiger partial charge in [-0.3, -0.25) is 16.2 Å². The Hall–Kier alpha value is -1.34. The molecular formula is C15H26N4O2. The summed E-state index contributed by atoms with van der Waals surface area (Å²) in [5.41, 5.74) is 4.06. The third-order valence-corrected chi connectivity index (χ3v) is 4.23. The highest BCUT2D eigenvalue weighted by Gasteiger charge is 2.30. The minimum absolute atomic E-state index is 0.0394. The van der Waals surface area contributed by atoms with E-state index in [2.05, 4.69) is 29.3 Å². The van der Waals surface area contributed by atoms with Gasteiger partial charge in [0, 0.05) is 25.7 Å². The second kappa shape index (κ2) is 7.09. The van der Waals surface area contributed by atoms with Crippen LogP contribution >= 0.6 is 0 Å². The normalized spacial score (nSPS) is 22.0. The molecule has 1 aromatic rings. The molecule has 1 saturated heterocycles. The van der Waals surface area contributed by atoms with Crippen molar-refractivity contribution in [3.63, 3.8) is 0 Å². The van der Waals surface area contributed by atoms with Gasteiger partial charge in [-0.05, 0) is 31.8 Å². The van der Waals surface area contributed by atoms with Crippen LogP contribution in [0, 0.1) is 0 Å². The van der Waals surface area contributed by atoms with Crippen LogP contribution in [0.25, 0.3) is 0 Å². The number of piperazine rings is 1. The highest BCUT2D eigenvalue weighted by atomic mass is 16.5. The molecule has 1 aliphatic heterocycles. The van der Waals surface area contributed by atoms with Gasteiger partial charge in [-0.15, -0.1) is 0 Å². The van der Waals surface area contributed by atoms with Crippen LogP contribution in [-0.2, 0) is 0 Å². The lowest BCUT2D eigenvalue weighted by molar-refractivity contribution is 0.0876. The molecule has 21 heavy (non-hydrogen) atoms. The van der Waals surface area contributed by atoms with Gasteiger partial charge in [0.25, 0.3) is 0 Å². The van der Waals surface area contributed by atoms with Crippen molar-refractivity contribution in [3.8, 4) is 11.5 Å². The van der Waals surface area contributed by atoms with E-state index in [0.29, 0.717) is 6.04 Å². The number of hydrogen-bond acceptors (Lipinski definition) is 6. The summed E-state index contributed by atoms with van der Waals surface area (Å²) < 4.78 is 10.7. The SMILES string of the molecule is COc1ccc(C(NN)C2CN(C)CCN2C)cc1OC. The fraction of sp³-hybridized carbons (Fsp3) is 0.600. The zero-order valence-corrected chi connectivity index (χ0v) is 13.3. The Labute approximate surface area is 126 Å². The number of rotatable bonds is 5. The molecule has 0 amide bonds. The number of hydrazine groups is 1. The van der Waals surface area contributed by atoms with Gasteiger partial charge in [-0.2, -0.15) is 0 Å². The van der Waals surface area contributed by atoms with Crippen molar-refractivity contribution in [2.45, 2.75) is 12.1 Å². The summed E-state index contributed by atoms with van der Waals surface area (Å²) in [7, 11) is 7.57. The minimum atomic E-state index is 0.0394. The topological polar surface area (TPSA) is 63.0 Å². The Morgan fingerprint density at radius 3 is 2.52 bits per heavy atom. The van der Waals surface area contributed by atoms with E-state index in [1.54, 1.807) is 14.2 Å². The number of methoxy groups -OCH3 is 2. The average molecular weight is 294 g/mol. The summed E-state index contributed by atoms with van der Waals surface area (Å²) in [6, 6.07) is 6.30. The number of nitrogens with one attached hydrogen (secondary N) is 1. The van der Waals surface area contributed by atoms with Gasteiger partial charge in [-0.25, -0.2) is 0 Å². The highest BCUT2D eigenvalue weighted by Crippen LogP contribution is 2.32. The Balaban J connectivity index is 2.28. The third kappa shape index (κ3) is 3.47. The second-order valence-corrected chi connectivity index (χ2v) is 5.57. The maximum atomic E-state index is 5.84. The molecule has 6 heteroatoms. The van der Waals surface area contributed by atoms with Crippen LogP contribution in [0.2, 0.25) is 0 Å². The third-order valence-electron chi connectivity index (χ3n) is 4.23. The molecule has 2 rings (SSSR count). The van der Waals surface area contributed by atoms with Gasteiger partial charge in [0.1, 0.15) is 0 Å². The van der Waals surface area contributed by atoms with Crippen molar-refractivity contribution in [2.24, 2.45) is 5.84 Å². The quantitative estimate of drug-likeness (QED) is 0.607. The lowest BCUT2D eigenvalue weighted by atomic mass is 9.96. The van der Waals surface area contributed by atoms with Gasteiger partial charge in [0.15, 0.2) is 11.5 Å². The molecule has 0 radical (unpaired) electrons. The van der Waals surface area contributed by atoms with Crippen molar-refractivity contribution in [1.82, 2.24) is 15.2 Å². The molecule has 0 bridgehead atoms. The van der Waals surface area contributed by atoms with Crippen LogP contribution in [-0.4, -0.2) is 63.8 Å². The summed E-state index contributed by atoms with van der Waals surface area (Å²) in [4.78, 5) is 4.68. The van der Waals surface area contributed by atoms with E-state index in [-0.39, 0.29) is 6.04 Å². The van der Waals surface area contributed by atoms with E-state index in [0.717, 1.165) is 36.7 Å². The predicted octanol–water partition coefficient (Wildman–Crippen LogP) is 0.454. The Kier molecular flexibility index (Phi) is 5.41. The van der Waals surface area contributed by atoms with E-state index < -0.39 is 0 Å². The molecule has 0 spiro atoms. The summed E-state index contributed by atoms with van der Waals surface area (Å²) in [5.74, 6) is 7.29. The molecule has 0 aromatic heterocycles. The van der Waals surface area contributed by atoms with Gasteiger partial charge < -0.3 is 14.4 Å². The lowest BCUT2D eigenvalue weighted by Gasteiger charge is -2.41. The molecule has 6 nitrogen and oxygen atoms in total. The molecule has 1 aromatic carbocycles. The van der Waals surface area contributed by atoms with E-state index in [9.17, 15) is 0 Å². The number of likely N-dealkylation sites (N-methyl/N-ethyl adjacent to an activating group) is 2. The molecule has 1 heterocycles. The number of nitrogens with two attached hydrogens (primary N) is 1. The molecule has 0 saturated carbocycles. The molecule has 1 aliphatic rings. The Morgan fingerprint density at radius 2 is 1.90 bits per heavy atom. The first-order valence-electron chi connectivity index (χ1n) is 7.17. The number of hydrogen-bond donors (Lipinski definition) is 2. The zero-order chi connectivity index (χ0) is 15.4. The predicted molar refractivity (Wildman–Crippen MR) is 83.5 cm³/mol. The molecule has 118 valence electrons. The minimum Gasteiger partial charge on any atom is -0.493 e. The Bertz CT molecular complexity index is 469. The van der Waals surface area contributed by atoms with E-state index in [1.165, 1.54) is 0 Å². The number of benzene rings is 1. The Morgan fingerprint density at radius 1 is 1.19 bits per heavy atom. The van der Waals surface area contributed by atoms with Gasteiger partial charge >= 0.3 is 0 Å². The smallest absolute Gasteiger partial charge is 0.161 e. The molecule has 2 unspecified atom stereocenters. The largest absolute Gasteiger partial charge is 0.493 e. The fourth-order valence-electron chi connectivity index (χ4n) is 2.88. The first kappa shape index (κ1) is 16.0. The lowest BCUT2D eigenvalue weighted by Crippen LogP contribution is -2.56. The molecule has 3 N–H and O–H groups in total. The van der Waals surface area contributed by atoms with Crippen molar-refractivity contribution in [1.29, 1.82) is 0 Å². The first-order valence-corrected chi connectivity index (χ1v) is 7.17. The van der Waals surface area contributed by atoms with Crippen LogP contribution in [0.15, 0.2) is 18.2 Å². The van der Waals surface area contributed by atoms with E-state index >= 15 is 0 Å². The first-order chi connectivity index (χ1) is 10.1. The molecular weight excluding hydrogens is 268 g/mol. The molecule has 1 fully saturated rings. The summed E-state index contributed by atoms with van der Waals surface area (Å²) in [5, 5.41) is 0. The van der Waals surface area contributed by atoms with Crippen molar-refractivity contribution >= 4 is 0 Å². The highest BCUT2D eigenvalue weighted by molar-refractivity contribution is 5.44. The van der Waals surface area contributed by atoms with Crippen LogP contribution < -0.4 is 20.7 Å².